The molecule has 2 aromatic carbocycles. The molecule has 300 valence electrons. The van der Waals surface area contributed by atoms with E-state index in [-0.39, 0.29) is 40.8 Å². The van der Waals surface area contributed by atoms with Crippen molar-refractivity contribution in [2.45, 2.75) is 0 Å². The summed E-state index contributed by atoms with van der Waals surface area (Å²) in [6.45, 7) is 0. The molecule has 0 aliphatic carbocycles. The summed E-state index contributed by atoms with van der Waals surface area (Å²) in [6, 6.07) is 57.2. The Balaban J connectivity index is 0.000000155. The summed E-state index contributed by atoms with van der Waals surface area (Å²) >= 11 is 0. The van der Waals surface area contributed by atoms with Crippen molar-refractivity contribution in [3.05, 3.63) is 219 Å². The largest absolute Gasteiger partial charge is 0.295 e. The van der Waals surface area contributed by atoms with Crippen molar-refractivity contribution in [2.24, 2.45) is 0 Å². The van der Waals surface area contributed by atoms with Gasteiger partial charge in [-0.3, -0.25) is 29.9 Å². The van der Waals surface area contributed by atoms with E-state index in [2.05, 4.69) is 62.0 Å². The minimum atomic E-state index is 0. The summed E-state index contributed by atoms with van der Waals surface area (Å²) in [4.78, 5) is 43.6. The van der Waals surface area contributed by atoms with Crippen LogP contribution in [0, 0.1) is 12.1 Å². The van der Waals surface area contributed by atoms with Crippen LogP contribution in [0.2, 0.25) is 0 Å². The van der Waals surface area contributed by atoms with Crippen molar-refractivity contribution in [3.63, 3.8) is 0 Å². The normalized spacial score (nSPS) is 10.0. The topological polar surface area (TPSA) is 129 Å². The summed E-state index contributed by atoms with van der Waals surface area (Å²) < 4.78 is 0. The van der Waals surface area contributed by atoms with Crippen LogP contribution in [0.25, 0.3) is 79.5 Å². The monoisotopic (exact) mass is 1150 g/mol. The van der Waals surface area contributed by atoms with Crippen LogP contribution in [0.15, 0.2) is 207 Å². The average Bonchev–Trinajstić information content (AvgIpc) is 3.36. The molecule has 0 bridgehead atoms. The van der Waals surface area contributed by atoms with Crippen LogP contribution in [0.5, 0.6) is 0 Å². The van der Waals surface area contributed by atoms with Gasteiger partial charge >= 0.3 is 0 Å². The zero-order valence-corrected chi connectivity index (χ0v) is 38.3. The first-order chi connectivity index (χ1) is 29.8. The van der Waals surface area contributed by atoms with Crippen molar-refractivity contribution in [2.75, 3.05) is 0 Å². The summed E-state index contributed by atoms with van der Waals surface area (Å²) in [5.41, 5.74) is 10.7. The molecule has 62 heavy (non-hydrogen) atoms. The minimum absolute atomic E-state index is 0. The zero-order chi connectivity index (χ0) is 40.6. The molecule has 10 rings (SSSR count). The van der Waals surface area contributed by atoms with E-state index < -0.39 is 0 Å². The van der Waals surface area contributed by atoms with Crippen molar-refractivity contribution in [3.8, 4) is 79.5 Å². The fourth-order valence-electron chi connectivity index (χ4n) is 5.87. The van der Waals surface area contributed by atoms with E-state index in [1.165, 1.54) is 0 Å². The number of benzene rings is 2. The number of hydrogen-bond acceptors (Lipinski definition) is 10. The van der Waals surface area contributed by atoms with Gasteiger partial charge in [-0.1, -0.05) is 82.9 Å². The van der Waals surface area contributed by atoms with Gasteiger partial charge < -0.3 is 0 Å². The minimum Gasteiger partial charge on any atom is -0.295 e. The van der Waals surface area contributed by atoms with Crippen molar-refractivity contribution in [1.29, 1.82) is 0 Å². The number of aromatic nitrogens is 10. The van der Waals surface area contributed by atoms with Gasteiger partial charge in [-0.15, -0.1) is 48.5 Å². The van der Waals surface area contributed by atoms with E-state index in [0.717, 1.165) is 67.8 Å². The Morgan fingerprint density at radius 2 is 0.500 bits per heavy atom. The molecule has 8 aromatic heterocycles. The molecule has 0 spiro atoms. The molecule has 0 atom stereocenters. The first-order valence-electron chi connectivity index (χ1n) is 19.0. The third-order valence-electron chi connectivity index (χ3n) is 8.72. The smallest absolute Gasteiger partial charge is 0.198 e. The standard InChI is InChI=1S/C18H12N6.2C16H11N2.2Re/c1-3-9-19-13(5-1)15-7-11-21-17(23-15)18-22-12-8-16(24-18)14-6-2-4-10-20-14;2*1-3-10-17-15(8-1)13-6-5-7-14(12-13)16-9-2-4-11-18-16;;/h1-12H;2*1-11H;;/q;2*-1;;. The van der Waals surface area contributed by atoms with Gasteiger partial charge in [-0.05, 0) is 60.7 Å². The van der Waals surface area contributed by atoms with Crippen LogP contribution in [0.4, 0.5) is 0 Å². The summed E-state index contributed by atoms with van der Waals surface area (Å²) in [5.74, 6) is 0.909. The Kier molecular flexibility index (Phi) is 16.5. The first-order valence-corrected chi connectivity index (χ1v) is 19.0. The Morgan fingerprint density at radius 1 is 0.226 bits per heavy atom. The van der Waals surface area contributed by atoms with Crippen molar-refractivity contribution < 1.29 is 40.8 Å². The van der Waals surface area contributed by atoms with Crippen LogP contribution in [-0.2, 0) is 40.8 Å². The Morgan fingerprint density at radius 3 is 0.758 bits per heavy atom. The van der Waals surface area contributed by atoms with Gasteiger partial charge in [0.2, 0.25) is 0 Å². The van der Waals surface area contributed by atoms with Crippen LogP contribution in [0.1, 0.15) is 0 Å². The van der Waals surface area contributed by atoms with Gasteiger partial charge in [0, 0.05) is 113 Å². The number of nitrogens with zero attached hydrogens (tertiary/aromatic N) is 10. The Hall–Kier alpha value is -7.18. The molecule has 10 aromatic rings. The molecule has 8 heterocycles. The molecule has 0 saturated carbocycles. The molecule has 12 heteroatoms. The second kappa shape index (κ2) is 23.0. The fraction of sp³-hybridized carbons (Fsp3) is 0. The second-order valence-electron chi connectivity index (χ2n) is 12.8. The van der Waals surface area contributed by atoms with Crippen LogP contribution >= 0.6 is 0 Å². The SMILES string of the molecule is [Re].[Re].[c-]1c(-c2ccccn2)cccc1-c1ccccn1.[c-]1c(-c2ccccn2)cccc1-c1ccccn1.c1ccc(-c2ccnc(-c3nccc(-c4ccccn4)n3)n2)nc1. The number of rotatable bonds is 7. The van der Waals surface area contributed by atoms with Gasteiger partial charge in [0.1, 0.15) is 0 Å². The predicted molar refractivity (Wildman–Crippen MR) is 233 cm³/mol. The van der Waals surface area contributed by atoms with Gasteiger partial charge in [0.25, 0.3) is 0 Å². The summed E-state index contributed by atoms with van der Waals surface area (Å²) in [7, 11) is 0. The molecule has 0 N–H and O–H groups in total. The third kappa shape index (κ3) is 12.0. The van der Waals surface area contributed by atoms with Crippen LogP contribution in [-0.4, -0.2) is 49.8 Å². The second-order valence-corrected chi connectivity index (χ2v) is 12.8. The van der Waals surface area contributed by atoms with Crippen LogP contribution in [0.3, 0.4) is 0 Å². The zero-order valence-electron chi connectivity index (χ0n) is 32.9. The molecule has 10 nitrogen and oxygen atoms in total. The molecule has 2 radical (unpaired) electrons. The Bertz CT molecular complexity index is 2560. The molecule has 0 unspecified atom stereocenters. The van der Waals surface area contributed by atoms with E-state index in [1.807, 2.05) is 158 Å². The molecular formula is C50H34N10Re2-2. The van der Waals surface area contributed by atoms with E-state index >= 15 is 0 Å². The van der Waals surface area contributed by atoms with Crippen molar-refractivity contribution in [1.82, 2.24) is 49.8 Å². The van der Waals surface area contributed by atoms with E-state index in [1.54, 1.807) is 49.6 Å². The average molecular weight is 1150 g/mol. The van der Waals surface area contributed by atoms with Gasteiger partial charge in [-0.2, -0.15) is 0 Å². The maximum absolute atomic E-state index is 4.53. The van der Waals surface area contributed by atoms with Gasteiger partial charge in [0.15, 0.2) is 11.6 Å². The van der Waals surface area contributed by atoms with E-state index in [9.17, 15) is 0 Å². The summed E-state index contributed by atoms with van der Waals surface area (Å²) in [6.07, 6.45) is 14.0. The fourth-order valence-corrected chi connectivity index (χ4v) is 5.87. The molecule has 0 aliphatic heterocycles. The molecule has 0 aliphatic rings. The molecule has 0 saturated heterocycles. The summed E-state index contributed by atoms with van der Waals surface area (Å²) in [5, 5.41) is 0. The van der Waals surface area contributed by atoms with E-state index in [0.29, 0.717) is 11.6 Å². The van der Waals surface area contributed by atoms with Crippen molar-refractivity contribution >= 4 is 0 Å². The van der Waals surface area contributed by atoms with E-state index in [4.69, 9.17) is 0 Å². The molecule has 0 amide bonds. The molecular weight excluding hydrogens is 1110 g/mol. The quantitative estimate of drug-likeness (QED) is 0.142. The number of pyridine rings is 6. The first kappa shape index (κ1) is 44.4. The predicted octanol–water partition coefficient (Wildman–Crippen LogP) is 10.3. The Labute approximate surface area is 387 Å². The van der Waals surface area contributed by atoms with Crippen LogP contribution < -0.4 is 0 Å². The number of hydrogen-bond donors (Lipinski definition) is 0. The third-order valence-corrected chi connectivity index (χ3v) is 8.72. The van der Waals surface area contributed by atoms with Gasteiger partial charge in [-0.25, -0.2) is 19.9 Å². The van der Waals surface area contributed by atoms with Gasteiger partial charge in [0.05, 0.1) is 22.8 Å². The maximum atomic E-state index is 4.53. The molecule has 0 fully saturated rings. The maximum Gasteiger partial charge on any atom is 0.198 e.